The molecular weight excluding hydrogens is 378 g/mol. The van der Waals surface area contributed by atoms with Crippen molar-refractivity contribution in [3.8, 4) is 0 Å². The molecule has 1 aromatic carbocycles. The van der Waals surface area contributed by atoms with Crippen LogP contribution in [-0.4, -0.2) is 62.3 Å². The van der Waals surface area contributed by atoms with E-state index in [0.29, 0.717) is 25.1 Å². The molecule has 0 radical (unpaired) electrons. The normalized spacial score (nSPS) is 19.2. The number of carbonyl (C=O) groups is 1. The fourth-order valence-electron chi connectivity index (χ4n) is 4.06. The van der Waals surface area contributed by atoms with Crippen LogP contribution in [0.2, 0.25) is 0 Å². The highest BCUT2D eigenvalue weighted by atomic mass is 16.5. The number of ether oxygens (including phenoxy) is 1. The van der Waals surface area contributed by atoms with Crippen molar-refractivity contribution in [2.24, 2.45) is 10.9 Å². The van der Waals surface area contributed by atoms with E-state index in [1.165, 1.54) is 11.1 Å². The third-order valence-electron chi connectivity index (χ3n) is 5.90. The smallest absolute Gasteiger partial charge is 0.407 e. The van der Waals surface area contributed by atoms with Gasteiger partial charge in [-0.15, -0.1) is 0 Å². The first-order valence-electron chi connectivity index (χ1n) is 11.3. The van der Waals surface area contributed by atoms with Crippen molar-refractivity contribution in [2.45, 2.75) is 58.2 Å². The number of hydrogen-bond donors (Lipinski definition) is 3. The van der Waals surface area contributed by atoms with Crippen molar-refractivity contribution < 1.29 is 9.53 Å². The van der Waals surface area contributed by atoms with E-state index >= 15 is 0 Å². The number of guanidine groups is 1. The van der Waals surface area contributed by atoms with Crippen molar-refractivity contribution in [1.29, 1.82) is 0 Å². The Labute approximate surface area is 180 Å². The second-order valence-electron chi connectivity index (χ2n) is 8.45. The molecule has 1 unspecified atom stereocenters. The van der Waals surface area contributed by atoms with Crippen LogP contribution >= 0.6 is 0 Å². The first-order valence-corrected chi connectivity index (χ1v) is 11.3. The van der Waals surface area contributed by atoms with Gasteiger partial charge in [-0.05, 0) is 51.0 Å². The van der Waals surface area contributed by atoms with Gasteiger partial charge in [0.15, 0.2) is 5.96 Å². The van der Waals surface area contributed by atoms with Gasteiger partial charge in [0.25, 0.3) is 0 Å². The molecule has 2 aliphatic rings. The third kappa shape index (κ3) is 7.20. The van der Waals surface area contributed by atoms with Crippen LogP contribution in [0, 0.1) is 12.8 Å². The quantitative estimate of drug-likeness (QED) is 0.449. The minimum atomic E-state index is -0.333. The summed E-state index contributed by atoms with van der Waals surface area (Å²) in [5, 5.41) is 9.94. The van der Waals surface area contributed by atoms with Gasteiger partial charge in [-0.3, -0.25) is 9.89 Å². The Morgan fingerprint density at radius 1 is 1.27 bits per heavy atom. The average Bonchev–Trinajstić information content (AvgIpc) is 3.57. The zero-order valence-electron chi connectivity index (χ0n) is 18.6. The number of likely N-dealkylation sites (tertiary alicyclic amines) is 1. The molecule has 1 saturated carbocycles. The molecule has 3 N–H and O–H groups in total. The molecule has 2 fully saturated rings. The fraction of sp³-hybridized carbons (Fsp3) is 0.652. The summed E-state index contributed by atoms with van der Waals surface area (Å²) in [6.07, 6.45) is 4.17. The number of aryl methyl sites for hydroxylation is 1. The molecule has 1 heterocycles. The van der Waals surface area contributed by atoms with Crippen LogP contribution in [0.4, 0.5) is 4.79 Å². The molecule has 3 rings (SSSR count). The van der Waals surface area contributed by atoms with Gasteiger partial charge in [-0.1, -0.05) is 29.8 Å². The van der Waals surface area contributed by atoms with Crippen molar-refractivity contribution in [3.63, 3.8) is 0 Å². The minimum absolute atomic E-state index is 0.0822. The lowest BCUT2D eigenvalue weighted by molar-refractivity contribution is 0.146. The first-order chi connectivity index (χ1) is 14.6. The van der Waals surface area contributed by atoms with Gasteiger partial charge in [-0.2, -0.15) is 0 Å². The largest absolute Gasteiger partial charge is 0.450 e. The van der Waals surface area contributed by atoms with Crippen LogP contribution < -0.4 is 16.0 Å². The Morgan fingerprint density at radius 2 is 2.03 bits per heavy atom. The standard InChI is InChI=1S/C23H37N5O2/c1-4-30-23(29)27-21(19-8-9-19)15-25-22(24-3)26-20-10-12-28(13-11-20)16-18-7-5-6-17(2)14-18/h5-7,14,19-21H,4,8-13,15-16H2,1-3H3,(H,27,29)(H2,24,25,26). The lowest BCUT2D eigenvalue weighted by Gasteiger charge is -2.33. The molecule has 166 valence electrons. The summed E-state index contributed by atoms with van der Waals surface area (Å²) in [6, 6.07) is 9.27. The average molecular weight is 416 g/mol. The SMILES string of the molecule is CCOC(=O)NC(CNC(=NC)NC1CCN(Cc2cccc(C)c2)CC1)C1CC1. The van der Waals surface area contributed by atoms with Gasteiger partial charge in [-0.25, -0.2) is 4.79 Å². The monoisotopic (exact) mass is 415 g/mol. The summed E-state index contributed by atoms with van der Waals surface area (Å²) in [7, 11) is 1.80. The molecule has 1 aliphatic carbocycles. The number of hydrogen-bond acceptors (Lipinski definition) is 4. The van der Waals surface area contributed by atoms with Crippen molar-refractivity contribution >= 4 is 12.1 Å². The van der Waals surface area contributed by atoms with E-state index in [1.807, 2.05) is 6.92 Å². The van der Waals surface area contributed by atoms with E-state index in [-0.39, 0.29) is 12.1 Å². The Bertz CT molecular complexity index is 711. The number of nitrogens with one attached hydrogen (secondary N) is 3. The summed E-state index contributed by atoms with van der Waals surface area (Å²) in [5.41, 5.74) is 2.71. The topological polar surface area (TPSA) is 78.0 Å². The van der Waals surface area contributed by atoms with Gasteiger partial charge >= 0.3 is 6.09 Å². The molecule has 0 aromatic heterocycles. The van der Waals surface area contributed by atoms with E-state index in [4.69, 9.17) is 4.74 Å². The Morgan fingerprint density at radius 3 is 2.67 bits per heavy atom. The molecule has 1 atom stereocenters. The first kappa shape index (κ1) is 22.4. The zero-order valence-corrected chi connectivity index (χ0v) is 18.6. The maximum atomic E-state index is 11.8. The summed E-state index contributed by atoms with van der Waals surface area (Å²) >= 11 is 0. The van der Waals surface area contributed by atoms with E-state index in [9.17, 15) is 4.79 Å². The van der Waals surface area contributed by atoms with Crippen molar-refractivity contribution in [1.82, 2.24) is 20.9 Å². The molecule has 0 bridgehead atoms. The number of amides is 1. The lowest BCUT2D eigenvalue weighted by Crippen LogP contribution is -2.52. The second-order valence-corrected chi connectivity index (χ2v) is 8.45. The third-order valence-corrected chi connectivity index (χ3v) is 5.90. The van der Waals surface area contributed by atoms with Gasteiger partial charge in [0, 0.05) is 39.3 Å². The number of benzene rings is 1. The van der Waals surface area contributed by atoms with Crippen LogP contribution in [-0.2, 0) is 11.3 Å². The highest BCUT2D eigenvalue weighted by Gasteiger charge is 2.32. The highest BCUT2D eigenvalue weighted by Crippen LogP contribution is 2.32. The summed E-state index contributed by atoms with van der Waals surface area (Å²) in [6.45, 7) is 8.20. The molecule has 1 saturated heterocycles. The van der Waals surface area contributed by atoms with Crippen LogP contribution in [0.15, 0.2) is 29.3 Å². The van der Waals surface area contributed by atoms with Crippen molar-refractivity contribution in [3.05, 3.63) is 35.4 Å². The molecule has 1 aromatic rings. The summed E-state index contributed by atoms with van der Waals surface area (Å²) in [5.74, 6) is 1.34. The number of aliphatic imine (C=N–C) groups is 1. The molecule has 0 spiro atoms. The van der Waals surface area contributed by atoms with E-state index in [1.54, 1.807) is 7.05 Å². The lowest BCUT2D eigenvalue weighted by atomic mass is 10.0. The van der Waals surface area contributed by atoms with Crippen molar-refractivity contribution in [2.75, 3.05) is 33.3 Å². The molecule has 7 nitrogen and oxygen atoms in total. The van der Waals surface area contributed by atoms with Gasteiger partial charge in [0.05, 0.1) is 12.6 Å². The molecular formula is C23H37N5O2. The van der Waals surface area contributed by atoms with Crippen LogP contribution in [0.25, 0.3) is 0 Å². The van der Waals surface area contributed by atoms with E-state index in [0.717, 1.165) is 51.3 Å². The fourth-order valence-corrected chi connectivity index (χ4v) is 4.06. The minimum Gasteiger partial charge on any atom is -0.450 e. The predicted molar refractivity (Wildman–Crippen MR) is 121 cm³/mol. The Kier molecular flexibility index (Phi) is 8.37. The summed E-state index contributed by atoms with van der Waals surface area (Å²) < 4.78 is 5.04. The number of piperidine rings is 1. The molecule has 1 aliphatic heterocycles. The molecule has 30 heavy (non-hydrogen) atoms. The van der Waals surface area contributed by atoms with Gasteiger partial charge in [0.2, 0.25) is 0 Å². The maximum absolute atomic E-state index is 11.8. The number of carbonyl (C=O) groups excluding carboxylic acids is 1. The maximum Gasteiger partial charge on any atom is 0.407 e. The van der Waals surface area contributed by atoms with Crippen LogP contribution in [0.5, 0.6) is 0 Å². The molecule has 7 heteroatoms. The number of alkyl carbamates (subject to hydrolysis) is 1. The predicted octanol–water partition coefficient (Wildman–Crippen LogP) is 2.65. The zero-order chi connectivity index (χ0) is 21.3. The van der Waals surface area contributed by atoms with E-state index in [2.05, 4.69) is 57.0 Å². The highest BCUT2D eigenvalue weighted by molar-refractivity contribution is 5.80. The Balaban J connectivity index is 1.40. The molecule has 1 amide bonds. The number of nitrogens with zero attached hydrogens (tertiary/aromatic N) is 2. The van der Waals surface area contributed by atoms with Crippen LogP contribution in [0.3, 0.4) is 0 Å². The second kappa shape index (κ2) is 11.2. The Hall–Kier alpha value is -2.28. The van der Waals surface area contributed by atoms with Gasteiger partial charge in [0.1, 0.15) is 0 Å². The van der Waals surface area contributed by atoms with Crippen LogP contribution in [0.1, 0.15) is 43.7 Å². The van der Waals surface area contributed by atoms with Gasteiger partial charge < -0.3 is 20.7 Å². The van der Waals surface area contributed by atoms with E-state index < -0.39 is 0 Å². The summed E-state index contributed by atoms with van der Waals surface area (Å²) in [4.78, 5) is 18.7. The number of rotatable bonds is 8.